The van der Waals surface area contributed by atoms with E-state index in [2.05, 4.69) is 15.2 Å². The summed E-state index contributed by atoms with van der Waals surface area (Å²) in [5.74, 6) is 1.76. The fraction of sp³-hybridized carbons (Fsp3) is 0.278. The Bertz CT molecular complexity index is 1040. The lowest BCUT2D eigenvalue weighted by atomic mass is 10.1. The molecule has 0 atom stereocenters. The van der Waals surface area contributed by atoms with Crippen molar-refractivity contribution in [1.82, 2.24) is 0 Å². The molecule has 10 heteroatoms. The molecule has 2 aromatic rings. The second kappa shape index (κ2) is 8.19. The van der Waals surface area contributed by atoms with Crippen molar-refractivity contribution in [2.24, 2.45) is 5.10 Å². The van der Waals surface area contributed by atoms with E-state index in [1.54, 1.807) is 30.8 Å². The smallest absolute Gasteiger partial charge is 0.279 e. The summed E-state index contributed by atoms with van der Waals surface area (Å²) in [7, 11) is -3.97. The second-order valence-electron chi connectivity index (χ2n) is 6.45. The molecule has 8 nitrogen and oxygen atoms in total. The van der Waals surface area contributed by atoms with Crippen LogP contribution in [0.25, 0.3) is 0 Å². The summed E-state index contributed by atoms with van der Waals surface area (Å²) in [6.45, 7) is 3.70. The summed E-state index contributed by atoms with van der Waals surface area (Å²) in [6.07, 6.45) is 0.831. The minimum atomic E-state index is -3.97. The van der Waals surface area contributed by atoms with Gasteiger partial charge in [0.05, 0.1) is 15.5 Å². The quantitative estimate of drug-likeness (QED) is 0.541. The van der Waals surface area contributed by atoms with Gasteiger partial charge in [-0.1, -0.05) is 17.7 Å². The van der Waals surface area contributed by atoms with E-state index in [-0.39, 0.29) is 16.3 Å². The number of nitrogens with zero attached hydrogens (tertiary/aromatic N) is 2. The zero-order valence-corrected chi connectivity index (χ0v) is 17.1. The summed E-state index contributed by atoms with van der Waals surface area (Å²) in [4.78, 5) is 10.6. The van der Waals surface area contributed by atoms with Gasteiger partial charge < -0.3 is 0 Å². The zero-order chi connectivity index (χ0) is 20.3. The van der Waals surface area contributed by atoms with Gasteiger partial charge in [0, 0.05) is 17.5 Å². The van der Waals surface area contributed by atoms with Gasteiger partial charge in [0.15, 0.2) is 0 Å². The number of aryl methyl sites for hydroxylation is 2. The first-order chi connectivity index (χ1) is 13.3. The van der Waals surface area contributed by atoms with Crippen LogP contribution >= 0.6 is 11.8 Å². The van der Waals surface area contributed by atoms with Crippen LogP contribution in [0.4, 0.5) is 17.1 Å². The molecule has 1 saturated heterocycles. The molecule has 0 amide bonds. The van der Waals surface area contributed by atoms with Gasteiger partial charge in [-0.3, -0.25) is 20.3 Å². The van der Waals surface area contributed by atoms with Crippen molar-refractivity contribution < 1.29 is 13.3 Å². The van der Waals surface area contributed by atoms with Crippen LogP contribution in [0.5, 0.6) is 0 Å². The van der Waals surface area contributed by atoms with Crippen LogP contribution in [0.3, 0.4) is 0 Å². The largest absolute Gasteiger partial charge is 0.295 e. The summed E-state index contributed by atoms with van der Waals surface area (Å²) in [5, 5.41) is 15.6. The van der Waals surface area contributed by atoms with Gasteiger partial charge >= 0.3 is 0 Å². The van der Waals surface area contributed by atoms with E-state index in [9.17, 15) is 18.5 Å². The Hall–Kier alpha value is -2.59. The number of nitro benzene ring substituents is 1. The normalized spacial score (nSPS) is 15.6. The minimum Gasteiger partial charge on any atom is -0.279 e. The number of nitrogens with one attached hydrogen (secondary N) is 2. The maximum Gasteiger partial charge on any atom is 0.295 e. The molecule has 28 heavy (non-hydrogen) atoms. The van der Waals surface area contributed by atoms with E-state index in [1.165, 1.54) is 12.1 Å². The molecule has 1 aliphatic heterocycles. The Morgan fingerprint density at radius 3 is 2.54 bits per heavy atom. The van der Waals surface area contributed by atoms with Gasteiger partial charge in [-0.25, -0.2) is 8.42 Å². The molecule has 1 heterocycles. The van der Waals surface area contributed by atoms with Gasteiger partial charge in [0.25, 0.3) is 15.7 Å². The highest BCUT2D eigenvalue weighted by Crippen LogP contribution is 2.29. The molecule has 1 aliphatic rings. The van der Waals surface area contributed by atoms with Crippen molar-refractivity contribution in [3.8, 4) is 0 Å². The Kier molecular flexibility index (Phi) is 5.90. The molecule has 0 radical (unpaired) electrons. The Morgan fingerprint density at radius 2 is 1.89 bits per heavy atom. The lowest BCUT2D eigenvalue weighted by molar-refractivity contribution is -0.384. The predicted molar refractivity (Wildman–Crippen MR) is 113 cm³/mol. The molecule has 0 spiro atoms. The van der Waals surface area contributed by atoms with Gasteiger partial charge in [-0.2, -0.15) is 16.9 Å². The third-order valence-electron chi connectivity index (χ3n) is 4.24. The third-order valence-corrected chi connectivity index (χ3v) is 6.63. The Morgan fingerprint density at radius 1 is 1.14 bits per heavy atom. The zero-order valence-electron chi connectivity index (χ0n) is 15.4. The Balaban J connectivity index is 1.89. The van der Waals surface area contributed by atoms with Crippen LogP contribution in [0, 0.1) is 24.0 Å². The molecule has 2 N–H and O–H groups in total. The van der Waals surface area contributed by atoms with Crippen molar-refractivity contribution in [1.29, 1.82) is 0 Å². The van der Waals surface area contributed by atoms with E-state index in [1.807, 2.05) is 13.0 Å². The molecule has 0 aromatic heterocycles. The summed E-state index contributed by atoms with van der Waals surface area (Å²) in [6, 6.07) is 9.04. The van der Waals surface area contributed by atoms with Crippen LogP contribution in [-0.4, -0.2) is 30.6 Å². The predicted octanol–water partition coefficient (Wildman–Crippen LogP) is 3.92. The average molecular weight is 421 g/mol. The summed E-state index contributed by atoms with van der Waals surface area (Å²) >= 11 is 1.74. The molecular formula is C18H20N4O4S2. The molecule has 3 rings (SSSR count). The van der Waals surface area contributed by atoms with Gasteiger partial charge in [0.1, 0.15) is 5.69 Å². The molecule has 2 aromatic carbocycles. The molecular weight excluding hydrogens is 400 g/mol. The summed E-state index contributed by atoms with van der Waals surface area (Å²) in [5.41, 5.74) is 5.63. The number of benzene rings is 2. The SMILES string of the molecule is Cc1ccc(NS(=O)(=O)c2ccc(N/N=C3\CCSC3)c([N+](=O)[O-])c2)c(C)c1. The molecule has 1 fully saturated rings. The van der Waals surface area contributed by atoms with Crippen LogP contribution in [-0.2, 0) is 10.0 Å². The third kappa shape index (κ3) is 4.63. The number of thioether (sulfide) groups is 1. The van der Waals surface area contributed by atoms with E-state index in [0.29, 0.717) is 5.69 Å². The number of hydrogen-bond donors (Lipinski definition) is 2. The maximum atomic E-state index is 12.7. The topological polar surface area (TPSA) is 114 Å². The Labute approximate surface area is 167 Å². The van der Waals surface area contributed by atoms with Crippen molar-refractivity contribution >= 4 is 44.6 Å². The maximum absolute atomic E-state index is 12.7. The first-order valence-electron chi connectivity index (χ1n) is 8.54. The number of anilines is 2. The number of rotatable bonds is 6. The molecule has 0 unspecified atom stereocenters. The highest BCUT2D eigenvalue weighted by molar-refractivity contribution is 8.00. The standard InChI is InChI=1S/C18H20N4O4S2/c1-12-3-5-16(13(2)9-12)21-28(25,26)15-4-6-17(18(10-15)22(23)24)20-19-14-7-8-27-11-14/h3-6,9-10,20-21H,7-8,11H2,1-2H3/b19-14+. The van der Waals surface area contributed by atoms with Crippen molar-refractivity contribution in [3.63, 3.8) is 0 Å². The van der Waals surface area contributed by atoms with Crippen molar-refractivity contribution in [2.75, 3.05) is 21.7 Å². The highest BCUT2D eigenvalue weighted by Gasteiger charge is 2.22. The lowest BCUT2D eigenvalue weighted by Gasteiger charge is -2.12. The van der Waals surface area contributed by atoms with Gasteiger partial charge in [-0.05, 0) is 49.8 Å². The molecule has 0 bridgehead atoms. The van der Waals surface area contributed by atoms with Crippen LogP contribution < -0.4 is 10.1 Å². The van der Waals surface area contributed by atoms with Crippen LogP contribution in [0.1, 0.15) is 17.5 Å². The van der Waals surface area contributed by atoms with E-state index < -0.39 is 14.9 Å². The van der Waals surface area contributed by atoms with Crippen molar-refractivity contribution in [3.05, 3.63) is 57.6 Å². The second-order valence-corrected chi connectivity index (χ2v) is 9.24. The molecule has 0 aliphatic carbocycles. The first-order valence-corrected chi connectivity index (χ1v) is 11.2. The fourth-order valence-electron chi connectivity index (χ4n) is 2.74. The fourth-order valence-corrected chi connectivity index (χ4v) is 4.85. The monoisotopic (exact) mass is 420 g/mol. The number of hydrogen-bond acceptors (Lipinski definition) is 7. The van der Waals surface area contributed by atoms with Gasteiger partial charge in [0.2, 0.25) is 0 Å². The van der Waals surface area contributed by atoms with Crippen molar-refractivity contribution in [2.45, 2.75) is 25.2 Å². The van der Waals surface area contributed by atoms with Crippen LogP contribution in [0.2, 0.25) is 0 Å². The average Bonchev–Trinajstić information content (AvgIpc) is 3.15. The lowest BCUT2D eigenvalue weighted by Crippen LogP contribution is -2.14. The number of sulfonamides is 1. The first kappa shape index (κ1) is 20.2. The number of hydrazone groups is 1. The van der Waals surface area contributed by atoms with Gasteiger partial charge in [-0.15, -0.1) is 0 Å². The highest BCUT2D eigenvalue weighted by atomic mass is 32.2. The van der Waals surface area contributed by atoms with E-state index in [4.69, 9.17) is 0 Å². The number of nitro groups is 1. The minimum absolute atomic E-state index is 0.153. The summed E-state index contributed by atoms with van der Waals surface area (Å²) < 4.78 is 27.9. The molecule has 0 saturated carbocycles. The van der Waals surface area contributed by atoms with E-state index >= 15 is 0 Å². The molecule has 148 valence electrons. The van der Waals surface area contributed by atoms with E-state index in [0.717, 1.165) is 40.8 Å². The van der Waals surface area contributed by atoms with Crippen LogP contribution in [0.15, 0.2) is 46.4 Å².